The lowest BCUT2D eigenvalue weighted by Gasteiger charge is -2.18. The lowest BCUT2D eigenvalue weighted by molar-refractivity contribution is 1.07. The molecule has 56 heavy (non-hydrogen) atoms. The number of nitrogens with zero attached hydrogens (tertiary/aromatic N) is 4. The Morgan fingerprint density at radius 3 is 1.23 bits per heavy atom. The molecule has 0 spiro atoms. The van der Waals surface area contributed by atoms with E-state index in [1.165, 1.54) is 54.2 Å². The summed E-state index contributed by atoms with van der Waals surface area (Å²) in [6, 6.07) is 66.7. The molecule has 0 unspecified atom stereocenters. The second-order valence-corrected chi connectivity index (χ2v) is 14.3. The number of pyridine rings is 1. The van der Waals surface area contributed by atoms with Gasteiger partial charge in [0.15, 0.2) is 17.5 Å². The van der Waals surface area contributed by atoms with Gasteiger partial charge in [0.2, 0.25) is 0 Å². The largest absolute Gasteiger partial charge is 0.256 e. The fourth-order valence-electron chi connectivity index (χ4n) is 8.26. The maximum Gasteiger partial charge on any atom is 0.164 e. The molecule has 0 saturated carbocycles. The number of rotatable bonds is 5. The van der Waals surface area contributed by atoms with Gasteiger partial charge in [0.05, 0.1) is 5.52 Å². The zero-order valence-electron chi connectivity index (χ0n) is 30.3. The van der Waals surface area contributed by atoms with Crippen LogP contribution in [0, 0.1) is 0 Å². The first-order valence-corrected chi connectivity index (χ1v) is 18.9. The number of benzene rings is 9. The molecule has 0 fully saturated rings. The molecule has 4 heteroatoms. The van der Waals surface area contributed by atoms with Gasteiger partial charge in [0, 0.05) is 28.3 Å². The molecule has 2 heterocycles. The van der Waals surface area contributed by atoms with Crippen molar-refractivity contribution in [1.82, 2.24) is 19.9 Å². The molecule has 4 nitrogen and oxygen atoms in total. The van der Waals surface area contributed by atoms with E-state index in [-0.39, 0.29) is 0 Å². The Kier molecular flexibility index (Phi) is 7.46. The van der Waals surface area contributed by atoms with Crippen molar-refractivity contribution in [2.75, 3.05) is 0 Å². The van der Waals surface area contributed by atoms with Crippen LogP contribution in [0.5, 0.6) is 0 Å². The molecule has 11 aromatic rings. The lowest BCUT2D eigenvalue weighted by Crippen LogP contribution is -2.01. The molecule has 0 N–H and O–H groups in total. The normalized spacial score (nSPS) is 11.6. The molecule has 0 amide bonds. The van der Waals surface area contributed by atoms with E-state index in [0.717, 1.165) is 38.7 Å². The van der Waals surface area contributed by atoms with Crippen molar-refractivity contribution in [3.8, 4) is 56.4 Å². The van der Waals surface area contributed by atoms with Crippen molar-refractivity contribution in [3.63, 3.8) is 0 Å². The van der Waals surface area contributed by atoms with Crippen LogP contribution in [0.1, 0.15) is 0 Å². The summed E-state index contributed by atoms with van der Waals surface area (Å²) in [5.41, 5.74) is 8.24. The zero-order valence-corrected chi connectivity index (χ0v) is 30.3. The van der Waals surface area contributed by atoms with Crippen LogP contribution >= 0.6 is 0 Å². The van der Waals surface area contributed by atoms with Crippen LogP contribution in [-0.4, -0.2) is 19.9 Å². The lowest BCUT2D eigenvalue weighted by atomic mass is 9.87. The predicted octanol–water partition coefficient (Wildman–Crippen LogP) is 13.4. The third kappa shape index (κ3) is 5.47. The van der Waals surface area contributed by atoms with Crippen molar-refractivity contribution < 1.29 is 0 Å². The Balaban J connectivity index is 1.25. The average molecular weight is 713 g/mol. The SMILES string of the molecule is c1ccc(-c2nc(-c3cc(-c4c5ccccc5cc5ccccc45)cc(-c4c5ccccc5cc5ccccc45)c3)nc(-c3ccc4ncccc4c3)n2)cc1. The van der Waals surface area contributed by atoms with Crippen LogP contribution in [0.2, 0.25) is 0 Å². The standard InChI is InChI=1S/C52H32N4/c1-2-13-33(14-3-1)50-54-51(39-24-25-47-38(29-39)19-12-26-53-47)56-52(55-50)42-31-40(48-43-20-8-4-15-34(43)27-35-16-5-9-21-44(35)48)30-41(32-42)49-45-22-10-6-17-36(45)28-37-18-7-11-23-46(37)49/h1-32H. The summed E-state index contributed by atoms with van der Waals surface area (Å²) in [5.74, 6) is 1.84. The molecule has 0 radical (unpaired) electrons. The van der Waals surface area contributed by atoms with Crippen molar-refractivity contribution in [1.29, 1.82) is 0 Å². The Morgan fingerprint density at radius 1 is 0.268 bits per heavy atom. The number of aromatic nitrogens is 4. The summed E-state index contributed by atoms with van der Waals surface area (Å²) in [6.45, 7) is 0. The molecule has 0 bridgehead atoms. The van der Waals surface area contributed by atoms with Crippen molar-refractivity contribution in [3.05, 3.63) is 194 Å². The molecule has 0 aliphatic heterocycles. The van der Waals surface area contributed by atoms with Gasteiger partial charge in [-0.3, -0.25) is 4.98 Å². The van der Waals surface area contributed by atoms with Gasteiger partial charge in [-0.25, -0.2) is 15.0 Å². The third-order valence-corrected chi connectivity index (χ3v) is 10.8. The Labute approximate surface area is 323 Å². The van der Waals surface area contributed by atoms with Gasteiger partial charge < -0.3 is 0 Å². The summed E-state index contributed by atoms with van der Waals surface area (Å²) < 4.78 is 0. The molecule has 0 saturated heterocycles. The van der Waals surface area contributed by atoms with Crippen LogP contribution in [0.25, 0.3) is 110 Å². The first-order chi connectivity index (χ1) is 27.7. The summed E-state index contributed by atoms with van der Waals surface area (Å²) >= 11 is 0. The number of hydrogen-bond acceptors (Lipinski definition) is 4. The van der Waals surface area contributed by atoms with E-state index in [9.17, 15) is 0 Å². The predicted molar refractivity (Wildman–Crippen MR) is 232 cm³/mol. The van der Waals surface area contributed by atoms with Crippen molar-refractivity contribution in [2.24, 2.45) is 0 Å². The van der Waals surface area contributed by atoms with E-state index in [1.807, 2.05) is 36.5 Å². The van der Waals surface area contributed by atoms with Crippen LogP contribution in [0.3, 0.4) is 0 Å². The van der Waals surface area contributed by atoms with E-state index in [2.05, 4.69) is 163 Å². The van der Waals surface area contributed by atoms with E-state index < -0.39 is 0 Å². The van der Waals surface area contributed by atoms with Crippen molar-refractivity contribution >= 4 is 54.0 Å². The fourth-order valence-corrected chi connectivity index (χ4v) is 8.26. The van der Waals surface area contributed by atoms with Crippen LogP contribution < -0.4 is 0 Å². The van der Waals surface area contributed by atoms with Gasteiger partial charge in [-0.2, -0.15) is 0 Å². The summed E-state index contributed by atoms with van der Waals surface area (Å²) in [6.07, 6.45) is 1.82. The smallest absolute Gasteiger partial charge is 0.164 e. The number of hydrogen-bond donors (Lipinski definition) is 0. The summed E-state index contributed by atoms with van der Waals surface area (Å²) in [7, 11) is 0. The minimum atomic E-state index is 0.609. The van der Waals surface area contributed by atoms with Crippen LogP contribution in [-0.2, 0) is 0 Å². The van der Waals surface area contributed by atoms with E-state index in [0.29, 0.717) is 17.5 Å². The molecule has 260 valence electrons. The van der Waals surface area contributed by atoms with Gasteiger partial charge in [-0.15, -0.1) is 0 Å². The van der Waals surface area contributed by atoms with E-state index >= 15 is 0 Å². The molecule has 11 rings (SSSR count). The molecule has 0 aliphatic carbocycles. The van der Waals surface area contributed by atoms with Crippen LogP contribution in [0.4, 0.5) is 0 Å². The van der Waals surface area contributed by atoms with Crippen molar-refractivity contribution in [2.45, 2.75) is 0 Å². The Bertz CT molecular complexity index is 3070. The molecule has 0 atom stereocenters. The second kappa shape index (κ2) is 13.1. The minimum absolute atomic E-state index is 0.609. The highest BCUT2D eigenvalue weighted by Gasteiger charge is 2.19. The molecular weight excluding hydrogens is 681 g/mol. The molecule has 0 aliphatic rings. The highest BCUT2D eigenvalue weighted by molar-refractivity contribution is 6.16. The van der Waals surface area contributed by atoms with Gasteiger partial charge in [0.25, 0.3) is 0 Å². The first-order valence-electron chi connectivity index (χ1n) is 18.9. The van der Waals surface area contributed by atoms with Gasteiger partial charge in [-0.1, -0.05) is 133 Å². The highest BCUT2D eigenvalue weighted by atomic mass is 15.0. The second-order valence-electron chi connectivity index (χ2n) is 14.3. The Morgan fingerprint density at radius 2 is 0.696 bits per heavy atom. The van der Waals surface area contributed by atoms with E-state index in [1.54, 1.807) is 0 Å². The third-order valence-electron chi connectivity index (χ3n) is 10.8. The fraction of sp³-hybridized carbons (Fsp3) is 0. The average Bonchev–Trinajstić information content (AvgIpc) is 3.27. The minimum Gasteiger partial charge on any atom is -0.256 e. The summed E-state index contributed by atoms with van der Waals surface area (Å²) in [5, 5.41) is 10.6. The van der Waals surface area contributed by atoms with E-state index in [4.69, 9.17) is 15.0 Å². The first kappa shape index (κ1) is 31.9. The maximum atomic E-state index is 5.28. The molecular formula is C52H32N4. The van der Waals surface area contributed by atoms with Gasteiger partial charge >= 0.3 is 0 Å². The highest BCUT2D eigenvalue weighted by Crippen LogP contribution is 2.43. The number of fused-ring (bicyclic) bond motifs is 5. The summed E-state index contributed by atoms with van der Waals surface area (Å²) in [4.78, 5) is 20.2. The topological polar surface area (TPSA) is 51.6 Å². The quantitative estimate of drug-likeness (QED) is 0.167. The maximum absolute atomic E-state index is 5.28. The monoisotopic (exact) mass is 712 g/mol. The molecule has 9 aromatic carbocycles. The Hall–Kier alpha value is -7.56. The zero-order chi connectivity index (χ0) is 37.0. The van der Waals surface area contributed by atoms with Crippen LogP contribution in [0.15, 0.2) is 194 Å². The van der Waals surface area contributed by atoms with Gasteiger partial charge in [-0.05, 0) is 120 Å². The van der Waals surface area contributed by atoms with Gasteiger partial charge in [0.1, 0.15) is 0 Å². The molecule has 2 aromatic heterocycles.